The number of hydrogen-bond donors (Lipinski definition) is 0. The molecule has 202 valence electrons. The quantitative estimate of drug-likeness (QED) is 0.211. The van der Waals surface area contributed by atoms with Crippen molar-refractivity contribution in [2.45, 2.75) is 39.5 Å². The Morgan fingerprint density at radius 2 is 1.32 bits per heavy atom. The second kappa shape index (κ2) is 9.63. The molecule has 0 fully saturated rings. The molecule has 5 nitrogen and oxygen atoms in total. The lowest BCUT2D eigenvalue weighted by atomic mass is 9.76. The number of benzene rings is 4. The van der Waals surface area contributed by atoms with Crippen LogP contribution in [0.15, 0.2) is 116 Å². The van der Waals surface area contributed by atoms with Gasteiger partial charge in [0.25, 0.3) is 5.91 Å². The number of fused-ring (bicyclic) bond motifs is 3. The summed E-state index contributed by atoms with van der Waals surface area (Å²) in [4.78, 5) is 20.5. The Bertz CT molecular complexity index is 1790. The summed E-state index contributed by atoms with van der Waals surface area (Å²) >= 11 is 0. The van der Waals surface area contributed by atoms with Gasteiger partial charge in [-0.3, -0.25) is 4.79 Å². The van der Waals surface area contributed by atoms with Crippen molar-refractivity contribution in [2.75, 3.05) is 0 Å². The molecule has 41 heavy (non-hydrogen) atoms. The van der Waals surface area contributed by atoms with Crippen molar-refractivity contribution in [3.05, 3.63) is 160 Å². The fourth-order valence-corrected chi connectivity index (χ4v) is 6.74. The Hall–Kier alpha value is -4.90. The Kier molecular flexibility index (Phi) is 5.89. The van der Waals surface area contributed by atoms with E-state index in [9.17, 15) is 4.79 Å². The van der Waals surface area contributed by atoms with Gasteiger partial charge in [0.2, 0.25) is 0 Å². The van der Waals surface area contributed by atoms with Crippen molar-refractivity contribution in [1.82, 2.24) is 19.0 Å². The van der Waals surface area contributed by atoms with Crippen LogP contribution >= 0.6 is 0 Å². The lowest BCUT2D eigenvalue weighted by Crippen LogP contribution is -2.38. The van der Waals surface area contributed by atoms with Gasteiger partial charge in [-0.15, -0.1) is 0 Å². The molecule has 5 heteroatoms. The molecule has 0 radical (unpaired) electrons. The van der Waals surface area contributed by atoms with Crippen LogP contribution in [0, 0.1) is 20.8 Å². The first-order valence-electron chi connectivity index (χ1n) is 14.1. The number of nitrogens with zero attached hydrogens (tertiary/aromatic N) is 4. The van der Waals surface area contributed by atoms with E-state index >= 15 is 0 Å². The average molecular weight is 537 g/mol. The fourth-order valence-electron chi connectivity index (χ4n) is 6.74. The van der Waals surface area contributed by atoms with Gasteiger partial charge in [-0.25, -0.2) is 4.98 Å². The zero-order valence-corrected chi connectivity index (χ0v) is 23.6. The number of carbonyl (C=O) groups is 1. The third kappa shape index (κ3) is 3.84. The predicted octanol–water partition coefficient (Wildman–Crippen LogP) is 7.22. The molecule has 0 unspecified atom stereocenters. The lowest BCUT2D eigenvalue weighted by Gasteiger charge is -2.38. The summed E-state index contributed by atoms with van der Waals surface area (Å²) in [7, 11) is 0. The van der Waals surface area contributed by atoms with E-state index in [0.29, 0.717) is 13.2 Å². The smallest absolute Gasteiger partial charge is 0.272 e. The minimum absolute atomic E-state index is 0.0487. The van der Waals surface area contributed by atoms with E-state index in [1.807, 2.05) is 17.3 Å². The molecule has 0 bridgehead atoms. The van der Waals surface area contributed by atoms with Crippen LogP contribution in [0.1, 0.15) is 49.7 Å². The second-order valence-corrected chi connectivity index (χ2v) is 11.1. The largest absolute Gasteiger partial charge is 0.318 e. The first kappa shape index (κ1) is 25.1. The molecule has 3 heterocycles. The first-order valence-corrected chi connectivity index (χ1v) is 14.1. The van der Waals surface area contributed by atoms with Gasteiger partial charge in [-0.1, -0.05) is 103 Å². The van der Waals surface area contributed by atoms with Crippen molar-refractivity contribution >= 4 is 16.8 Å². The van der Waals surface area contributed by atoms with Crippen LogP contribution < -0.4 is 0 Å². The molecular weight excluding hydrogens is 504 g/mol. The molecule has 2 aromatic heterocycles. The van der Waals surface area contributed by atoms with E-state index in [1.54, 1.807) is 0 Å². The number of aromatic nitrogens is 3. The van der Waals surface area contributed by atoms with Gasteiger partial charge in [0.05, 0.1) is 30.8 Å². The maximum Gasteiger partial charge on any atom is 0.272 e. The highest BCUT2D eigenvalue weighted by Crippen LogP contribution is 2.42. The van der Waals surface area contributed by atoms with Gasteiger partial charge in [0.1, 0.15) is 11.2 Å². The van der Waals surface area contributed by atoms with Crippen molar-refractivity contribution < 1.29 is 4.79 Å². The van der Waals surface area contributed by atoms with Crippen molar-refractivity contribution in [3.63, 3.8) is 0 Å². The minimum atomic E-state index is -0.634. The molecule has 0 atom stereocenters. The van der Waals surface area contributed by atoms with E-state index in [1.165, 1.54) is 11.1 Å². The molecule has 0 saturated heterocycles. The summed E-state index contributed by atoms with van der Waals surface area (Å²) in [6.07, 6.45) is 1.95. The van der Waals surface area contributed by atoms with Crippen LogP contribution in [-0.4, -0.2) is 24.9 Å². The zero-order valence-electron chi connectivity index (χ0n) is 23.6. The molecule has 0 spiro atoms. The number of imidazole rings is 1. The molecule has 7 rings (SSSR count). The SMILES string of the molecule is Cc1cc(C)c2c(c1)cc1n2CN(Cc2ncn(C(c3ccccc3)(c3ccccc3)c3ccccc3)c2C)C1=O. The summed E-state index contributed by atoms with van der Waals surface area (Å²) in [6.45, 7) is 7.31. The Morgan fingerprint density at radius 3 is 1.88 bits per heavy atom. The normalized spacial score (nSPS) is 13.2. The second-order valence-electron chi connectivity index (χ2n) is 11.1. The molecule has 1 amide bonds. The fraction of sp³-hybridized carbons (Fsp3) is 0.167. The highest BCUT2D eigenvalue weighted by molar-refractivity contribution is 6.01. The number of carbonyl (C=O) groups excluding carboxylic acids is 1. The van der Waals surface area contributed by atoms with Crippen LogP contribution in [0.2, 0.25) is 0 Å². The van der Waals surface area contributed by atoms with Crippen molar-refractivity contribution in [1.29, 1.82) is 0 Å². The van der Waals surface area contributed by atoms with E-state index < -0.39 is 5.54 Å². The number of amides is 1. The standard InChI is InChI=1S/C36H32N4O/c1-25-19-26(2)34-28(20-25)21-33-35(41)38(24-39(33)34)22-32-27(3)40(23-37-32)36(29-13-7-4-8-14-29,30-15-9-5-10-16-30)31-17-11-6-12-18-31/h4-21,23H,22,24H2,1-3H3. The van der Waals surface area contributed by atoms with Gasteiger partial charge in [-0.2, -0.15) is 0 Å². The van der Waals surface area contributed by atoms with Crippen LogP contribution in [0.25, 0.3) is 10.9 Å². The lowest BCUT2D eigenvalue weighted by molar-refractivity contribution is 0.0755. The maximum absolute atomic E-state index is 13.6. The molecule has 0 saturated carbocycles. The van der Waals surface area contributed by atoms with Gasteiger partial charge in [-0.05, 0) is 55.2 Å². The third-order valence-corrected chi connectivity index (χ3v) is 8.53. The minimum Gasteiger partial charge on any atom is -0.318 e. The number of rotatable bonds is 6. The van der Waals surface area contributed by atoms with E-state index in [0.717, 1.165) is 44.7 Å². The molecule has 1 aliphatic rings. The van der Waals surface area contributed by atoms with Crippen LogP contribution in [0.5, 0.6) is 0 Å². The summed E-state index contributed by atoms with van der Waals surface area (Å²) in [5, 5.41) is 1.13. The number of aryl methyl sites for hydroxylation is 2. The van der Waals surface area contributed by atoms with Crippen molar-refractivity contribution in [3.8, 4) is 0 Å². The molecule has 6 aromatic rings. The van der Waals surface area contributed by atoms with E-state index in [-0.39, 0.29) is 5.91 Å². The van der Waals surface area contributed by atoms with Gasteiger partial charge in [0, 0.05) is 11.1 Å². The molecule has 4 aromatic carbocycles. The summed E-state index contributed by atoms with van der Waals surface area (Å²) < 4.78 is 4.44. The first-order chi connectivity index (χ1) is 20.0. The maximum atomic E-state index is 13.6. The summed E-state index contributed by atoms with van der Waals surface area (Å²) in [5.41, 5.74) is 9.03. The average Bonchev–Trinajstić information content (AvgIpc) is 3.64. The van der Waals surface area contributed by atoms with E-state index in [4.69, 9.17) is 4.98 Å². The van der Waals surface area contributed by atoms with Crippen LogP contribution in [0.3, 0.4) is 0 Å². The Labute approximate surface area is 240 Å². The monoisotopic (exact) mass is 536 g/mol. The Balaban J connectivity index is 1.33. The zero-order chi connectivity index (χ0) is 28.1. The third-order valence-electron chi connectivity index (χ3n) is 8.53. The molecule has 1 aliphatic heterocycles. The van der Waals surface area contributed by atoms with Crippen LogP contribution in [-0.2, 0) is 18.8 Å². The van der Waals surface area contributed by atoms with Gasteiger partial charge < -0.3 is 14.0 Å². The van der Waals surface area contributed by atoms with Crippen LogP contribution in [0.4, 0.5) is 0 Å². The highest BCUT2D eigenvalue weighted by atomic mass is 16.2. The van der Waals surface area contributed by atoms with Crippen molar-refractivity contribution in [2.24, 2.45) is 0 Å². The Morgan fingerprint density at radius 1 is 0.756 bits per heavy atom. The summed E-state index contributed by atoms with van der Waals surface area (Å²) in [5.74, 6) is 0.0487. The highest BCUT2D eigenvalue weighted by Gasteiger charge is 2.40. The molecule has 0 N–H and O–H groups in total. The van der Waals surface area contributed by atoms with E-state index in [2.05, 4.69) is 133 Å². The van der Waals surface area contributed by atoms with Gasteiger partial charge in [0.15, 0.2) is 0 Å². The number of hydrogen-bond acceptors (Lipinski definition) is 2. The molecular formula is C36H32N4O. The summed E-state index contributed by atoms with van der Waals surface area (Å²) in [6, 6.07) is 38.2. The predicted molar refractivity (Wildman–Crippen MR) is 163 cm³/mol. The van der Waals surface area contributed by atoms with Gasteiger partial charge >= 0.3 is 0 Å². The molecule has 0 aliphatic carbocycles. The topological polar surface area (TPSA) is 43.1 Å².